The second-order valence-electron chi connectivity index (χ2n) is 2.31. The minimum atomic E-state index is 0.796. The Balaban J connectivity index is 2.99. The molecule has 0 amide bonds. The van der Waals surface area contributed by atoms with E-state index in [1.165, 1.54) is 5.56 Å². The van der Waals surface area contributed by atoms with E-state index in [1.807, 2.05) is 25.2 Å². The van der Waals surface area contributed by atoms with E-state index >= 15 is 0 Å². The smallest absolute Gasteiger partial charge is 0.0571 e. The highest BCUT2D eigenvalue weighted by Crippen LogP contribution is 2.20. The van der Waals surface area contributed by atoms with E-state index in [1.54, 1.807) is 0 Å². The second-order valence-corrected chi connectivity index (χ2v) is 2.87. The molecule has 2 nitrogen and oxygen atoms in total. The van der Waals surface area contributed by atoms with Crippen LogP contribution in [0.5, 0.6) is 0 Å². The zero-order valence-corrected chi connectivity index (χ0v) is 7.98. The molecule has 0 aromatic heterocycles. The van der Waals surface area contributed by atoms with Crippen LogP contribution in [0.15, 0.2) is 18.2 Å². The highest BCUT2D eigenvalue weighted by molar-refractivity contribution is 9.08. The second kappa shape index (κ2) is 3.62. The predicted molar refractivity (Wildman–Crippen MR) is 53.0 cm³/mol. The van der Waals surface area contributed by atoms with Crippen LogP contribution in [0.4, 0.5) is 11.4 Å². The summed E-state index contributed by atoms with van der Waals surface area (Å²) >= 11 is 3.36. The van der Waals surface area contributed by atoms with Gasteiger partial charge in [0, 0.05) is 12.4 Å². The molecule has 1 rings (SSSR count). The number of halogens is 1. The molecule has 0 aliphatic carbocycles. The summed E-state index contributed by atoms with van der Waals surface area (Å²) in [6.45, 7) is 0. The molecule has 3 heteroatoms. The lowest BCUT2D eigenvalue weighted by Gasteiger charge is -2.05. The maximum absolute atomic E-state index is 5.72. The van der Waals surface area contributed by atoms with Crippen LogP contribution in [0.3, 0.4) is 0 Å². The Morgan fingerprint density at radius 1 is 1.55 bits per heavy atom. The first-order valence-corrected chi connectivity index (χ1v) is 4.52. The zero-order valence-electron chi connectivity index (χ0n) is 6.39. The maximum Gasteiger partial charge on any atom is 0.0571 e. The molecular weight excluding hydrogens is 204 g/mol. The lowest BCUT2D eigenvalue weighted by Crippen LogP contribution is -1.95. The summed E-state index contributed by atoms with van der Waals surface area (Å²) in [4.78, 5) is 0. The van der Waals surface area contributed by atoms with Crippen molar-refractivity contribution in [3.8, 4) is 0 Å². The van der Waals surface area contributed by atoms with Crippen molar-refractivity contribution in [2.75, 3.05) is 18.1 Å². The van der Waals surface area contributed by atoms with Gasteiger partial charge in [-0.2, -0.15) is 0 Å². The van der Waals surface area contributed by atoms with Crippen LogP contribution in [0, 0.1) is 0 Å². The van der Waals surface area contributed by atoms with E-state index in [0.717, 1.165) is 16.7 Å². The van der Waals surface area contributed by atoms with Crippen molar-refractivity contribution >= 4 is 27.3 Å². The van der Waals surface area contributed by atoms with E-state index in [-0.39, 0.29) is 0 Å². The molecule has 3 N–H and O–H groups in total. The third-order valence-electron chi connectivity index (χ3n) is 1.54. The molecular formula is C8H11BrN2. The number of nitrogens with one attached hydrogen (secondary N) is 1. The third kappa shape index (κ3) is 1.87. The minimum absolute atomic E-state index is 0.796. The molecule has 0 heterocycles. The number of anilines is 2. The highest BCUT2D eigenvalue weighted by Gasteiger charge is 1.96. The van der Waals surface area contributed by atoms with Gasteiger partial charge < -0.3 is 11.1 Å². The Hall–Kier alpha value is -0.700. The van der Waals surface area contributed by atoms with Crippen molar-refractivity contribution < 1.29 is 0 Å². The Morgan fingerprint density at radius 3 is 2.73 bits per heavy atom. The molecule has 0 spiro atoms. The lowest BCUT2D eigenvalue weighted by atomic mass is 10.2. The summed E-state index contributed by atoms with van der Waals surface area (Å²) in [6, 6.07) is 5.98. The van der Waals surface area contributed by atoms with Crippen molar-refractivity contribution in [1.82, 2.24) is 0 Å². The van der Waals surface area contributed by atoms with Gasteiger partial charge in [0.2, 0.25) is 0 Å². The fourth-order valence-corrected chi connectivity index (χ4v) is 1.27. The Bertz CT molecular complexity index is 248. The molecule has 11 heavy (non-hydrogen) atoms. The first-order chi connectivity index (χ1) is 5.27. The molecule has 0 aliphatic heterocycles. The van der Waals surface area contributed by atoms with E-state index in [0.29, 0.717) is 0 Å². The third-order valence-corrected chi connectivity index (χ3v) is 2.19. The molecule has 0 bridgehead atoms. The van der Waals surface area contributed by atoms with Crippen LogP contribution in [0.1, 0.15) is 5.56 Å². The number of alkyl halides is 1. The van der Waals surface area contributed by atoms with Crippen molar-refractivity contribution in [3.63, 3.8) is 0 Å². The molecule has 1 aromatic carbocycles. The van der Waals surface area contributed by atoms with Gasteiger partial charge in [-0.3, -0.25) is 0 Å². The van der Waals surface area contributed by atoms with Gasteiger partial charge in [0.05, 0.1) is 11.4 Å². The van der Waals surface area contributed by atoms with Crippen LogP contribution in [0.2, 0.25) is 0 Å². The molecule has 0 fully saturated rings. The Kier molecular flexibility index (Phi) is 2.76. The van der Waals surface area contributed by atoms with Crippen LogP contribution in [0.25, 0.3) is 0 Å². The standard InChI is InChI=1S/C8H11BrN2/c1-11-8-3-2-6(5-9)4-7(8)10/h2-4,11H,5,10H2,1H3. The fourth-order valence-electron chi connectivity index (χ4n) is 0.923. The van der Waals surface area contributed by atoms with Crippen LogP contribution in [-0.4, -0.2) is 7.05 Å². The number of rotatable bonds is 2. The first kappa shape index (κ1) is 8.40. The summed E-state index contributed by atoms with van der Waals surface area (Å²) < 4.78 is 0. The molecule has 1 aromatic rings. The first-order valence-electron chi connectivity index (χ1n) is 3.40. The molecule has 60 valence electrons. The van der Waals surface area contributed by atoms with Crippen LogP contribution < -0.4 is 11.1 Å². The van der Waals surface area contributed by atoms with Gasteiger partial charge in [0.15, 0.2) is 0 Å². The lowest BCUT2D eigenvalue weighted by molar-refractivity contribution is 1.41. The number of hydrogen-bond donors (Lipinski definition) is 2. The van der Waals surface area contributed by atoms with Crippen molar-refractivity contribution in [3.05, 3.63) is 23.8 Å². The number of nitrogens with two attached hydrogens (primary N) is 1. The van der Waals surface area contributed by atoms with Crippen LogP contribution in [-0.2, 0) is 5.33 Å². The minimum Gasteiger partial charge on any atom is -0.397 e. The number of hydrogen-bond acceptors (Lipinski definition) is 2. The highest BCUT2D eigenvalue weighted by atomic mass is 79.9. The predicted octanol–water partition coefficient (Wildman–Crippen LogP) is 2.21. The van der Waals surface area contributed by atoms with Gasteiger partial charge >= 0.3 is 0 Å². The molecule has 0 radical (unpaired) electrons. The topological polar surface area (TPSA) is 38.0 Å². The quantitative estimate of drug-likeness (QED) is 0.586. The van der Waals surface area contributed by atoms with E-state index < -0.39 is 0 Å². The molecule has 0 saturated heterocycles. The Labute approximate surface area is 74.9 Å². The number of benzene rings is 1. The van der Waals surface area contributed by atoms with E-state index in [9.17, 15) is 0 Å². The van der Waals surface area contributed by atoms with Gasteiger partial charge in [-0.1, -0.05) is 22.0 Å². The van der Waals surface area contributed by atoms with Gasteiger partial charge in [0.25, 0.3) is 0 Å². The SMILES string of the molecule is CNc1ccc(CBr)cc1N. The molecule has 0 unspecified atom stereocenters. The summed E-state index contributed by atoms with van der Waals surface area (Å²) in [5, 5.41) is 3.85. The zero-order chi connectivity index (χ0) is 8.27. The summed E-state index contributed by atoms with van der Waals surface area (Å²) in [7, 11) is 1.86. The van der Waals surface area contributed by atoms with Crippen molar-refractivity contribution in [1.29, 1.82) is 0 Å². The average Bonchev–Trinajstić information content (AvgIpc) is 2.04. The molecule has 0 atom stereocenters. The monoisotopic (exact) mass is 214 g/mol. The number of nitrogen functional groups attached to an aromatic ring is 1. The van der Waals surface area contributed by atoms with Gasteiger partial charge in [-0.05, 0) is 17.7 Å². The van der Waals surface area contributed by atoms with Crippen molar-refractivity contribution in [2.24, 2.45) is 0 Å². The largest absolute Gasteiger partial charge is 0.397 e. The van der Waals surface area contributed by atoms with Gasteiger partial charge in [-0.15, -0.1) is 0 Å². The summed E-state index contributed by atoms with van der Waals surface area (Å²) in [6.07, 6.45) is 0. The van der Waals surface area contributed by atoms with Gasteiger partial charge in [0.1, 0.15) is 0 Å². The normalized spacial score (nSPS) is 9.64. The molecule has 0 aliphatic rings. The van der Waals surface area contributed by atoms with Crippen LogP contribution >= 0.6 is 15.9 Å². The van der Waals surface area contributed by atoms with E-state index in [4.69, 9.17) is 5.73 Å². The summed E-state index contributed by atoms with van der Waals surface area (Å²) in [5.41, 5.74) is 8.70. The fraction of sp³-hybridized carbons (Fsp3) is 0.250. The average molecular weight is 215 g/mol. The maximum atomic E-state index is 5.72. The summed E-state index contributed by atoms with van der Waals surface area (Å²) in [5.74, 6) is 0. The Morgan fingerprint density at radius 2 is 2.27 bits per heavy atom. The molecule has 0 saturated carbocycles. The van der Waals surface area contributed by atoms with E-state index in [2.05, 4.69) is 21.2 Å². The van der Waals surface area contributed by atoms with Gasteiger partial charge in [-0.25, -0.2) is 0 Å². The van der Waals surface area contributed by atoms with Crippen molar-refractivity contribution in [2.45, 2.75) is 5.33 Å².